The second-order valence-electron chi connectivity index (χ2n) is 11.9. The van der Waals surface area contributed by atoms with Gasteiger partial charge in [0.15, 0.2) is 0 Å². The van der Waals surface area contributed by atoms with E-state index in [1.54, 1.807) is 11.5 Å². The van der Waals surface area contributed by atoms with Gasteiger partial charge < -0.3 is 18.5 Å². The molecule has 0 aliphatic heterocycles. The van der Waals surface area contributed by atoms with Gasteiger partial charge in [0, 0.05) is 33.9 Å². The Hall–Kier alpha value is -2.53. The molecule has 0 atom stereocenters. The van der Waals surface area contributed by atoms with Gasteiger partial charge in [0.05, 0.1) is 12.3 Å². The van der Waals surface area contributed by atoms with E-state index in [2.05, 4.69) is 93.9 Å². The molecule has 0 N–H and O–H groups in total. The van der Waals surface area contributed by atoms with Crippen LogP contribution in [-0.2, 0) is 27.1 Å². The third-order valence-corrected chi connectivity index (χ3v) is 13.4. The van der Waals surface area contributed by atoms with Crippen molar-refractivity contribution in [3.8, 4) is 0 Å². The monoisotopic (exact) mass is 552 g/mol. The zero-order chi connectivity index (χ0) is 27.8. The van der Waals surface area contributed by atoms with Crippen molar-refractivity contribution in [2.45, 2.75) is 71.6 Å². The summed E-state index contributed by atoms with van der Waals surface area (Å²) in [6.45, 7) is 17.3. The van der Waals surface area contributed by atoms with Gasteiger partial charge in [0.2, 0.25) is 5.82 Å². The van der Waals surface area contributed by atoms with Crippen molar-refractivity contribution < 1.29 is 18.7 Å². The molecule has 8 heteroatoms. The zero-order valence-electron chi connectivity index (χ0n) is 24.1. The van der Waals surface area contributed by atoms with E-state index in [4.69, 9.17) is 13.9 Å². The first-order valence-corrected chi connectivity index (χ1v) is 19.2. The Morgan fingerprint density at radius 2 is 1.50 bits per heavy atom. The van der Waals surface area contributed by atoms with Crippen LogP contribution in [0.5, 0.6) is 0 Å². The molecule has 0 radical (unpaired) electrons. The second-order valence-corrected chi connectivity index (χ2v) is 21.8. The number of hydrogen-bond donors (Lipinski definition) is 0. The van der Waals surface area contributed by atoms with Crippen LogP contribution in [-0.4, -0.2) is 51.7 Å². The number of ether oxygens (including phenoxy) is 2. The van der Waals surface area contributed by atoms with Crippen LogP contribution in [0.2, 0.25) is 30.7 Å². The van der Waals surface area contributed by atoms with Crippen LogP contribution in [0, 0.1) is 0 Å². The molecule has 0 spiro atoms. The predicted molar refractivity (Wildman–Crippen MR) is 160 cm³/mol. The maximum absolute atomic E-state index is 12.6. The number of hydrogen-bond acceptors (Lipinski definition) is 5. The molecule has 0 amide bonds. The topological polar surface area (TPSA) is 62.6 Å². The Balaban J connectivity index is 1.84. The van der Waals surface area contributed by atoms with Gasteiger partial charge in [0.1, 0.15) is 6.73 Å². The molecule has 0 aliphatic rings. The highest BCUT2D eigenvalue weighted by Gasteiger charge is 2.50. The molecule has 1 heterocycles. The van der Waals surface area contributed by atoms with Crippen LogP contribution in [0.15, 0.2) is 66.9 Å². The number of aromatic nitrogens is 2. The van der Waals surface area contributed by atoms with Gasteiger partial charge in [-0.2, -0.15) is 0 Å². The van der Waals surface area contributed by atoms with Crippen LogP contribution < -0.4 is 10.4 Å². The molecule has 0 fully saturated rings. The summed E-state index contributed by atoms with van der Waals surface area (Å²) >= 11 is 0. The maximum Gasteiger partial charge on any atom is 0.374 e. The Bertz CT molecular complexity index is 1110. The second kappa shape index (κ2) is 13.0. The Morgan fingerprint density at radius 1 is 0.921 bits per heavy atom. The number of esters is 1. The van der Waals surface area contributed by atoms with Gasteiger partial charge in [0.25, 0.3) is 8.32 Å². The normalized spacial score (nSPS) is 12.5. The summed E-state index contributed by atoms with van der Waals surface area (Å²) in [5.74, 6) is -0.152. The van der Waals surface area contributed by atoms with Crippen molar-refractivity contribution in [2.24, 2.45) is 0 Å². The summed E-state index contributed by atoms with van der Waals surface area (Å²) in [6.07, 6.45) is 2.48. The van der Waals surface area contributed by atoms with Crippen LogP contribution in [0.4, 0.5) is 0 Å². The predicted octanol–water partition coefficient (Wildman–Crippen LogP) is 5.49. The van der Waals surface area contributed by atoms with E-state index in [-0.39, 0.29) is 17.6 Å². The number of nitrogens with zero attached hydrogens (tertiary/aromatic N) is 2. The number of carbonyl (C=O) groups is 1. The Morgan fingerprint density at radius 3 is 2.00 bits per heavy atom. The Labute approximate surface area is 230 Å². The first-order valence-electron chi connectivity index (χ1n) is 13.5. The minimum atomic E-state index is -2.64. The van der Waals surface area contributed by atoms with Gasteiger partial charge in [-0.25, -0.2) is 9.78 Å². The molecular formula is C30H44N2O4Si2. The highest BCUT2D eigenvalue weighted by molar-refractivity contribution is 6.99. The fraction of sp³-hybridized carbons (Fsp3) is 0.467. The molecule has 2 aromatic carbocycles. The van der Waals surface area contributed by atoms with Crippen LogP contribution in [0.1, 0.15) is 44.0 Å². The van der Waals surface area contributed by atoms with Crippen molar-refractivity contribution in [3.05, 3.63) is 78.4 Å². The quantitative estimate of drug-likeness (QED) is 0.159. The largest absolute Gasteiger partial charge is 0.460 e. The highest BCUT2D eigenvalue weighted by Crippen LogP contribution is 2.36. The van der Waals surface area contributed by atoms with E-state index in [1.807, 2.05) is 18.3 Å². The van der Waals surface area contributed by atoms with E-state index in [0.717, 1.165) is 11.7 Å². The minimum Gasteiger partial charge on any atom is -0.460 e. The fourth-order valence-corrected chi connectivity index (χ4v) is 9.98. The number of benzene rings is 2. The lowest BCUT2D eigenvalue weighted by Gasteiger charge is -2.43. The molecule has 0 unspecified atom stereocenters. The summed E-state index contributed by atoms with van der Waals surface area (Å²) in [7, 11) is -3.84. The van der Waals surface area contributed by atoms with E-state index in [9.17, 15) is 4.79 Å². The van der Waals surface area contributed by atoms with Gasteiger partial charge in [-0.3, -0.25) is 0 Å². The zero-order valence-corrected chi connectivity index (χ0v) is 26.1. The number of rotatable bonds is 13. The van der Waals surface area contributed by atoms with E-state index >= 15 is 0 Å². The van der Waals surface area contributed by atoms with E-state index in [0.29, 0.717) is 26.2 Å². The molecule has 3 rings (SSSR count). The number of carbonyl (C=O) groups excluding carboxylic acids is 1. The summed E-state index contributed by atoms with van der Waals surface area (Å²) in [6, 6.07) is 22.3. The molecule has 38 heavy (non-hydrogen) atoms. The highest BCUT2D eigenvalue weighted by atomic mass is 28.4. The summed E-state index contributed by atoms with van der Waals surface area (Å²) in [4.78, 5) is 17.3. The number of imidazole rings is 1. The van der Waals surface area contributed by atoms with Gasteiger partial charge in [-0.15, -0.1) is 0 Å². The summed E-state index contributed by atoms with van der Waals surface area (Å²) in [5.41, 5.74) is 0.791. The molecule has 0 saturated heterocycles. The van der Waals surface area contributed by atoms with Crippen molar-refractivity contribution >= 4 is 32.7 Å². The lowest BCUT2D eigenvalue weighted by atomic mass is 10.2. The minimum absolute atomic E-state index is 0.102. The lowest BCUT2D eigenvalue weighted by molar-refractivity contribution is 0.0464. The molecule has 206 valence electrons. The smallest absolute Gasteiger partial charge is 0.374 e. The van der Waals surface area contributed by atoms with Crippen molar-refractivity contribution in [1.29, 1.82) is 0 Å². The maximum atomic E-state index is 12.6. The first-order chi connectivity index (χ1) is 18.0. The summed E-state index contributed by atoms with van der Waals surface area (Å²) < 4.78 is 20.0. The van der Waals surface area contributed by atoms with Gasteiger partial charge >= 0.3 is 5.97 Å². The van der Waals surface area contributed by atoms with Gasteiger partial charge in [-0.1, -0.05) is 101 Å². The average molecular weight is 553 g/mol. The molecule has 6 nitrogen and oxygen atoms in total. The van der Waals surface area contributed by atoms with Crippen molar-refractivity contribution in [1.82, 2.24) is 9.55 Å². The molecule has 0 saturated carbocycles. The van der Waals surface area contributed by atoms with Crippen LogP contribution >= 0.6 is 0 Å². The third-order valence-electron chi connectivity index (χ3n) is 6.60. The molecule has 1 aromatic heterocycles. The average Bonchev–Trinajstić information content (AvgIpc) is 3.27. The molecule has 0 aliphatic carbocycles. The van der Waals surface area contributed by atoms with Crippen molar-refractivity contribution in [3.63, 3.8) is 0 Å². The third kappa shape index (κ3) is 7.53. The SMILES string of the molecule is CCOC(=O)c1nc(CCO[Si](c2ccccc2)(c2ccccc2)C(C)(C)C)cn1COCC[Si](C)(C)C. The summed E-state index contributed by atoms with van der Waals surface area (Å²) in [5, 5.41) is 2.38. The van der Waals surface area contributed by atoms with Crippen LogP contribution in [0.25, 0.3) is 0 Å². The molecule has 3 aromatic rings. The first kappa shape index (κ1) is 30.0. The van der Waals surface area contributed by atoms with Crippen LogP contribution in [0.3, 0.4) is 0 Å². The lowest BCUT2D eigenvalue weighted by Crippen LogP contribution is -2.66. The fourth-order valence-electron chi connectivity index (χ4n) is 4.66. The standard InChI is InChI=1S/C30H44N2O4Si2/c1-8-35-29(33)28-31-25(23-32(28)24-34-21-22-37(5,6)7)19-20-36-38(30(2,3)4,26-15-11-9-12-16-26)27-17-13-10-14-18-27/h9-18,23H,8,19-22,24H2,1-7H3. The molecular weight excluding hydrogens is 509 g/mol. The molecule has 0 bridgehead atoms. The van der Waals surface area contributed by atoms with E-state index in [1.165, 1.54) is 10.4 Å². The van der Waals surface area contributed by atoms with E-state index < -0.39 is 22.4 Å². The van der Waals surface area contributed by atoms with Gasteiger partial charge in [-0.05, 0) is 28.4 Å². The Kier molecular flexibility index (Phi) is 10.3. The van der Waals surface area contributed by atoms with Crippen molar-refractivity contribution in [2.75, 3.05) is 19.8 Å².